The molecule has 6 heteroatoms. The van der Waals surface area contributed by atoms with E-state index in [0.717, 1.165) is 17.1 Å². The summed E-state index contributed by atoms with van der Waals surface area (Å²) in [6.07, 6.45) is 0. The third-order valence-electron chi connectivity index (χ3n) is 4.70. The normalized spacial score (nSPS) is 14.8. The molecule has 0 aliphatic carbocycles. The molecule has 3 rings (SSSR count). The molecule has 1 aliphatic rings. The van der Waals surface area contributed by atoms with Crippen molar-refractivity contribution in [2.75, 3.05) is 18.5 Å². The van der Waals surface area contributed by atoms with Gasteiger partial charge in [-0.15, -0.1) is 0 Å². The Balaban J connectivity index is 1.69. The van der Waals surface area contributed by atoms with Crippen molar-refractivity contribution in [2.45, 2.75) is 32.9 Å². The van der Waals surface area contributed by atoms with E-state index in [2.05, 4.69) is 30.6 Å². The Bertz CT molecular complexity index is 872. The van der Waals surface area contributed by atoms with Gasteiger partial charge in [0.15, 0.2) is 11.5 Å². The quantitative estimate of drug-likeness (QED) is 0.801. The highest BCUT2D eigenvalue weighted by Gasteiger charge is 2.23. The largest absolute Gasteiger partial charge is 0.486 e. The molecule has 0 spiro atoms. The molecular weight excluding hydrogens is 354 g/mol. The molecule has 0 bridgehead atoms. The van der Waals surface area contributed by atoms with Crippen molar-refractivity contribution in [3.63, 3.8) is 0 Å². The molecule has 1 amide bonds. The number of amides is 1. The third kappa shape index (κ3) is 4.62. The molecule has 0 saturated heterocycles. The number of benzene rings is 2. The summed E-state index contributed by atoms with van der Waals surface area (Å²) in [6.45, 7) is 7.16. The number of ether oxygens (including phenoxy) is 2. The van der Waals surface area contributed by atoms with E-state index in [1.807, 2.05) is 25.1 Å². The lowest BCUT2D eigenvalue weighted by atomic mass is 9.94. The number of nitrogens with one attached hydrogen (secondary N) is 2. The smallest absolute Gasteiger partial charge is 0.241 e. The predicted molar refractivity (Wildman–Crippen MR) is 107 cm³/mol. The van der Waals surface area contributed by atoms with Crippen molar-refractivity contribution >= 4 is 11.6 Å². The minimum atomic E-state index is -0.406. The summed E-state index contributed by atoms with van der Waals surface area (Å²) in [5, 5.41) is 15.2. The molecule has 0 unspecified atom stereocenters. The monoisotopic (exact) mass is 379 g/mol. The van der Waals surface area contributed by atoms with Crippen LogP contribution in [0.5, 0.6) is 11.5 Å². The van der Waals surface area contributed by atoms with Gasteiger partial charge in [0.25, 0.3) is 0 Å². The SMILES string of the molecule is CC(C)[C@@H](N[C@H](C)C(=O)Nc1ccc(C#N)cc1)c1ccc2c(c1)OCCO2. The van der Waals surface area contributed by atoms with Gasteiger partial charge in [-0.25, -0.2) is 0 Å². The van der Waals surface area contributed by atoms with Crippen LogP contribution in [-0.4, -0.2) is 25.2 Å². The van der Waals surface area contributed by atoms with Crippen LogP contribution in [0.15, 0.2) is 42.5 Å². The van der Waals surface area contributed by atoms with Gasteiger partial charge in [-0.2, -0.15) is 5.26 Å². The highest BCUT2D eigenvalue weighted by atomic mass is 16.6. The lowest BCUT2D eigenvalue weighted by Gasteiger charge is -2.28. The second kappa shape index (κ2) is 8.77. The summed E-state index contributed by atoms with van der Waals surface area (Å²) in [5.41, 5.74) is 2.28. The van der Waals surface area contributed by atoms with E-state index in [-0.39, 0.29) is 17.9 Å². The van der Waals surface area contributed by atoms with Crippen LogP contribution in [0.3, 0.4) is 0 Å². The molecule has 0 fully saturated rings. The lowest BCUT2D eigenvalue weighted by Crippen LogP contribution is -2.41. The Morgan fingerprint density at radius 3 is 2.36 bits per heavy atom. The topological polar surface area (TPSA) is 83.4 Å². The molecule has 2 N–H and O–H groups in total. The number of anilines is 1. The van der Waals surface area contributed by atoms with Crippen LogP contribution >= 0.6 is 0 Å². The number of hydrogen-bond acceptors (Lipinski definition) is 5. The second-order valence-corrected chi connectivity index (χ2v) is 7.19. The summed E-state index contributed by atoms with van der Waals surface area (Å²) in [4.78, 5) is 12.6. The maximum atomic E-state index is 12.6. The zero-order valence-corrected chi connectivity index (χ0v) is 16.4. The number of carbonyl (C=O) groups is 1. The summed E-state index contributed by atoms with van der Waals surface area (Å²) in [7, 11) is 0. The average molecular weight is 379 g/mol. The number of carbonyl (C=O) groups excluding carboxylic acids is 1. The molecule has 1 aliphatic heterocycles. The molecule has 0 radical (unpaired) electrons. The van der Waals surface area contributed by atoms with Crippen molar-refractivity contribution < 1.29 is 14.3 Å². The lowest BCUT2D eigenvalue weighted by molar-refractivity contribution is -0.118. The second-order valence-electron chi connectivity index (χ2n) is 7.19. The minimum absolute atomic E-state index is 0.0162. The van der Waals surface area contributed by atoms with Crippen LogP contribution in [0.2, 0.25) is 0 Å². The highest BCUT2D eigenvalue weighted by Crippen LogP contribution is 2.34. The van der Waals surface area contributed by atoms with E-state index in [4.69, 9.17) is 14.7 Å². The van der Waals surface area contributed by atoms with Crippen molar-refractivity contribution in [3.8, 4) is 17.6 Å². The molecule has 2 aromatic rings. The van der Waals surface area contributed by atoms with E-state index >= 15 is 0 Å². The number of hydrogen-bond donors (Lipinski definition) is 2. The summed E-state index contributed by atoms with van der Waals surface area (Å²) >= 11 is 0. The van der Waals surface area contributed by atoms with Crippen LogP contribution in [0.25, 0.3) is 0 Å². The van der Waals surface area contributed by atoms with Gasteiger partial charge in [0.2, 0.25) is 5.91 Å². The zero-order valence-electron chi connectivity index (χ0n) is 16.4. The van der Waals surface area contributed by atoms with Gasteiger partial charge >= 0.3 is 0 Å². The Morgan fingerprint density at radius 2 is 1.71 bits per heavy atom. The summed E-state index contributed by atoms with van der Waals surface area (Å²) in [5.74, 6) is 1.63. The number of rotatable bonds is 6. The molecule has 1 heterocycles. The fourth-order valence-electron chi connectivity index (χ4n) is 3.15. The summed E-state index contributed by atoms with van der Waals surface area (Å²) in [6, 6.07) is 14.4. The Hall–Kier alpha value is -3.04. The van der Waals surface area contributed by atoms with Gasteiger partial charge in [0.1, 0.15) is 13.2 Å². The zero-order chi connectivity index (χ0) is 20.1. The minimum Gasteiger partial charge on any atom is -0.486 e. The maximum Gasteiger partial charge on any atom is 0.241 e. The first-order valence-electron chi connectivity index (χ1n) is 9.44. The number of nitriles is 1. The van der Waals surface area contributed by atoms with E-state index in [1.165, 1.54) is 0 Å². The molecule has 0 aromatic heterocycles. The van der Waals surface area contributed by atoms with Crippen molar-refractivity contribution in [1.82, 2.24) is 5.32 Å². The van der Waals surface area contributed by atoms with Gasteiger partial charge in [-0.05, 0) is 54.8 Å². The van der Waals surface area contributed by atoms with Gasteiger partial charge in [-0.3, -0.25) is 10.1 Å². The van der Waals surface area contributed by atoms with E-state index in [9.17, 15) is 4.79 Å². The third-order valence-corrected chi connectivity index (χ3v) is 4.70. The van der Waals surface area contributed by atoms with E-state index in [1.54, 1.807) is 24.3 Å². The van der Waals surface area contributed by atoms with Crippen LogP contribution in [0.1, 0.15) is 37.9 Å². The van der Waals surface area contributed by atoms with Crippen molar-refractivity contribution in [2.24, 2.45) is 5.92 Å². The molecule has 146 valence electrons. The summed E-state index contributed by atoms with van der Waals surface area (Å²) < 4.78 is 11.3. The highest BCUT2D eigenvalue weighted by molar-refractivity contribution is 5.94. The molecule has 6 nitrogen and oxygen atoms in total. The van der Waals surface area contributed by atoms with Crippen LogP contribution in [0.4, 0.5) is 5.69 Å². The fourth-order valence-corrected chi connectivity index (χ4v) is 3.15. The van der Waals surface area contributed by atoms with Crippen molar-refractivity contribution in [1.29, 1.82) is 5.26 Å². The van der Waals surface area contributed by atoms with Crippen molar-refractivity contribution in [3.05, 3.63) is 53.6 Å². The first kappa shape index (κ1) is 19.7. The van der Waals surface area contributed by atoms with Crippen LogP contribution in [-0.2, 0) is 4.79 Å². The molecule has 28 heavy (non-hydrogen) atoms. The molecule has 0 saturated carbocycles. The van der Waals surface area contributed by atoms with E-state index in [0.29, 0.717) is 24.5 Å². The first-order valence-corrected chi connectivity index (χ1v) is 9.44. The predicted octanol–water partition coefficient (Wildman–Crippen LogP) is 3.64. The van der Waals surface area contributed by atoms with Gasteiger partial charge < -0.3 is 14.8 Å². The Labute approximate surface area is 165 Å². The van der Waals surface area contributed by atoms with Gasteiger partial charge in [0.05, 0.1) is 17.7 Å². The molecule has 2 atom stereocenters. The molecular formula is C22H25N3O3. The maximum absolute atomic E-state index is 12.6. The number of fused-ring (bicyclic) bond motifs is 1. The van der Waals surface area contributed by atoms with E-state index < -0.39 is 6.04 Å². The Kier molecular flexibility index (Phi) is 6.17. The Morgan fingerprint density at radius 1 is 1.04 bits per heavy atom. The average Bonchev–Trinajstić information content (AvgIpc) is 2.71. The fraction of sp³-hybridized carbons (Fsp3) is 0.364. The first-order chi connectivity index (χ1) is 13.5. The van der Waals surface area contributed by atoms with Gasteiger partial charge in [0, 0.05) is 11.7 Å². The van der Waals surface area contributed by atoms with Gasteiger partial charge in [-0.1, -0.05) is 19.9 Å². The van der Waals surface area contributed by atoms with Crippen LogP contribution < -0.4 is 20.1 Å². The standard InChI is InChI=1S/C22H25N3O3/c1-14(2)21(17-6-9-19-20(12-17)28-11-10-27-19)24-15(3)22(26)25-18-7-4-16(13-23)5-8-18/h4-9,12,14-15,21,24H,10-11H2,1-3H3,(H,25,26)/t15-,21-/m1/s1. The van der Waals surface area contributed by atoms with Crippen LogP contribution in [0, 0.1) is 17.2 Å². The number of nitrogens with zero attached hydrogens (tertiary/aromatic N) is 1. The molecule has 2 aromatic carbocycles.